The fourth-order valence-corrected chi connectivity index (χ4v) is 3.80. The number of hydrogen-bond acceptors (Lipinski definition) is 4. The fraction of sp³-hybridized carbons (Fsp3) is 0.588. The highest BCUT2D eigenvalue weighted by atomic mass is 32.2. The van der Waals surface area contributed by atoms with Crippen LogP contribution in [0.4, 0.5) is 5.69 Å². The molecule has 6 heteroatoms. The first-order valence-electron chi connectivity index (χ1n) is 8.25. The molecule has 1 heterocycles. The second kappa shape index (κ2) is 7.34. The van der Waals surface area contributed by atoms with Gasteiger partial charge in [-0.15, -0.1) is 0 Å². The second-order valence-corrected chi connectivity index (χ2v) is 8.45. The summed E-state index contributed by atoms with van der Waals surface area (Å²) >= 11 is 0. The van der Waals surface area contributed by atoms with Crippen LogP contribution in [0.15, 0.2) is 29.2 Å². The highest BCUT2D eigenvalue weighted by molar-refractivity contribution is 7.91. The van der Waals surface area contributed by atoms with Crippen molar-refractivity contribution < 1.29 is 13.2 Å². The summed E-state index contributed by atoms with van der Waals surface area (Å²) in [6.07, 6.45) is 3.30. The number of likely N-dealkylation sites (tertiary alicyclic amines) is 1. The average Bonchev–Trinajstić information content (AvgIpc) is 2.55. The minimum absolute atomic E-state index is 0.0848. The van der Waals surface area contributed by atoms with Crippen LogP contribution in [0.5, 0.6) is 0 Å². The van der Waals surface area contributed by atoms with Crippen molar-refractivity contribution in [1.29, 1.82) is 0 Å². The number of anilines is 1. The van der Waals surface area contributed by atoms with Gasteiger partial charge in [0, 0.05) is 18.3 Å². The summed E-state index contributed by atoms with van der Waals surface area (Å²) in [5.74, 6) is 0.184. The van der Waals surface area contributed by atoms with Gasteiger partial charge in [0.25, 0.3) is 0 Å². The minimum Gasteiger partial charge on any atom is -0.374 e. The lowest BCUT2D eigenvalue weighted by Gasteiger charge is -2.35. The number of hydrogen-bond donors (Lipinski definition) is 1. The van der Waals surface area contributed by atoms with Gasteiger partial charge in [-0.1, -0.05) is 6.92 Å². The van der Waals surface area contributed by atoms with Crippen molar-refractivity contribution in [3.8, 4) is 0 Å². The van der Waals surface area contributed by atoms with Crippen LogP contribution in [0, 0.1) is 0 Å². The SMILES string of the molecule is CCS(=O)(=O)c1ccc(N[C@H](C)C(=O)N2CCCC[C@@H]2C)cc1. The summed E-state index contributed by atoms with van der Waals surface area (Å²) in [7, 11) is -3.19. The van der Waals surface area contributed by atoms with Gasteiger partial charge < -0.3 is 10.2 Å². The lowest BCUT2D eigenvalue weighted by Crippen LogP contribution is -2.48. The van der Waals surface area contributed by atoms with E-state index in [0.29, 0.717) is 4.90 Å². The van der Waals surface area contributed by atoms with Crippen LogP contribution in [0.25, 0.3) is 0 Å². The fourth-order valence-electron chi connectivity index (χ4n) is 2.91. The number of sulfone groups is 1. The molecule has 1 N–H and O–H groups in total. The molecule has 128 valence electrons. The normalized spacial score (nSPS) is 20.1. The quantitative estimate of drug-likeness (QED) is 0.896. The van der Waals surface area contributed by atoms with Crippen molar-refractivity contribution >= 4 is 21.4 Å². The number of amides is 1. The molecule has 1 aliphatic rings. The lowest BCUT2D eigenvalue weighted by molar-refractivity contribution is -0.134. The van der Waals surface area contributed by atoms with Gasteiger partial charge in [-0.2, -0.15) is 0 Å². The average molecular weight is 338 g/mol. The zero-order valence-corrected chi connectivity index (χ0v) is 14.9. The van der Waals surface area contributed by atoms with Crippen LogP contribution >= 0.6 is 0 Å². The van der Waals surface area contributed by atoms with Gasteiger partial charge >= 0.3 is 0 Å². The second-order valence-electron chi connectivity index (χ2n) is 6.17. The Morgan fingerprint density at radius 1 is 1.30 bits per heavy atom. The molecule has 0 saturated carbocycles. The van der Waals surface area contributed by atoms with Crippen LogP contribution in [0.2, 0.25) is 0 Å². The Labute approximate surface area is 139 Å². The number of carbonyl (C=O) groups is 1. The number of rotatable bonds is 5. The third kappa shape index (κ3) is 4.25. The van der Waals surface area contributed by atoms with Crippen molar-refractivity contribution in [3.63, 3.8) is 0 Å². The molecule has 5 nitrogen and oxygen atoms in total. The van der Waals surface area contributed by atoms with Gasteiger partial charge in [-0.3, -0.25) is 4.79 Å². The summed E-state index contributed by atoms with van der Waals surface area (Å²) in [6.45, 7) is 6.39. The van der Waals surface area contributed by atoms with Crippen molar-refractivity contribution in [2.24, 2.45) is 0 Å². The number of nitrogens with zero attached hydrogens (tertiary/aromatic N) is 1. The van der Waals surface area contributed by atoms with E-state index in [0.717, 1.165) is 25.1 Å². The van der Waals surface area contributed by atoms with E-state index >= 15 is 0 Å². The molecular weight excluding hydrogens is 312 g/mol. The van der Waals surface area contributed by atoms with Gasteiger partial charge in [0.1, 0.15) is 6.04 Å². The smallest absolute Gasteiger partial charge is 0.245 e. The number of piperidine rings is 1. The summed E-state index contributed by atoms with van der Waals surface area (Å²) in [5.41, 5.74) is 0.755. The standard InChI is InChI=1S/C17H26N2O3S/c1-4-23(21,22)16-10-8-15(9-11-16)18-14(3)17(20)19-12-6-5-7-13(19)2/h8-11,13-14,18H,4-7,12H2,1-3H3/t13-,14+/m0/s1. The molecule has 0 unspecified atom stereocenters. The lowest BCUT2D eigenvalue weighted by atomic mass is 10.0. The molecular formula is C17H26N2O3S. The molecule has 23 heavy (non-hydrogen) atoms. The maximum Gasteiger partial charge on any atom is 0.245 e. The minimum atomic E-state index is -3.19. The monoisotopic (exact) mass is 338 g/mol. The van der Waals surface area contributed by atoms with Crippen LogP contribution in [0.1, 0.15) is 40.0 Å². The Hall–Kier alpha value is -1.56. The molecule has 1 aromatic carbocycles. The Balaban J connectivity index is 2.02. The third-order valence-electron chi connectivity index (χ3n) is 4.43. The van der Waals surface area contributed by atoms with Crippen LogP contribution in [-0.2, 0) is 14.6 Å². The molecule has 0 aromatic heterocycles. The first-order valence-corrected chi connectivity index (χ1v) is 9.90. The topological polar surface area (TPSA) is 66.5 Å². The maximum atomic E-state index is 12.6. The van der Waals surface area contributed by atoms with Crippen LogP contribution in [0.3, 0.4) is 0 Å². The molecule has 1 aliphatic heterocycles. The van der Waals surface area contributed by atoms with E-state index in [9.17, 15) is 13.2 Å². The highest BCUT2D eigenvalue weighted by Gasteiger charge is 2.26. The Kier molecular flexibility index (Phi) is 5.68. The molecule has 0 bridgehead atoms. The van der Waals surface area contributed by atoms with Crippen molar-refractivity contribution in [3.05, 3.63) is 24.3 Å². The molecule has 0 aliphatic carbocycles. The van der Waals surface area contributed by atoms with Crippen LogP contribution < -0.4 is 5.32 Å². The molecule has 1 aromatic rings. The zero-order chi connectivity index (χ0) is 17.0. The summed E-state index contributed by atoms with van der Waals surface area (Å²) in [4.78, 5) is 14.8. The van der Waals surface area contributed by atoms with Gasteiger partial charge in [0.05, 0.1) is 10.6 Å². The number of benzene rings is 1. The maximum absolute atomic E-state index is 12.6. The van der Waals surface area contributed by atoms with E-state index in [2.05, 4.69) is 12.2 Å². The first kappa shape index (κ1) is 17.8. The molecule has 2 rings (SSSR count). The number of nitrogens with one attached hydrogen (secondary N) is 1. The Bertz CT molecular complexity index is 640. The molecule has 0 radical (unpaired) electrons. The predicted molar refractivity (Wildman–Crippen MR) is 92.3 cm³/mol. The van der Waals surface area contributed by atoms with Gasteiger partial charge in [0.2, 0.25) is 5.91 Å². The van der Waals surface area contributed by atoms with E-state index in [1.807, 2.05) is 11.8 Å². The Morgan fingerprint density at radius 3 is 2.52 bits per heavy atom. The van der Waals surface area contributed by atoms with Crippen molar-refractivity contribution in [1.82, 2.24) is 4.90 Å². The van der Waals surface area contributed by atoms with E-state index in [-0.39, 0.29) is 23.7 Å². The van der Waals surface area contributed by atoms with E-state index in [4.69, 9.17) is 0 Å². The van der Waals surface area contributed by atoms with Crippen molar-refractivity contribution in [2.45, 2.75) is 57.0 Å². The Morgan fingerprint density at radius 2 is 1.96 bits per heavy atom. The molecule has 1 amide bonds. The van der Waals surface area contributed by atoms with Gasteiger partial charge in [0.15, 0.2) is 9.84 Å². The zero-order valence-electron chi connectivity index (χ0n) is 14.1. The highest BCUT2D eigenvalue weighted by Crippen LogP contribution is 2.20. The molecule has 0 spiro atoms. The van der Waals surface area contributed by atoms with Gasteiger partial charge in [-0.05, 0) is 57.4 Å². The molecule has 2 atom stereocenters. The van der Waals surface area contributed by atoms with E-state index in [1.165, 1.54) is 6.42 Å². The van der Waals surface area contributed by atoms with Crippen LogP contribution in [-0.4, -0.2) is 43.6 Å². The summed E-state index contributed by atoms with van der Waals surface area (Å²) in [6, 6.07) is 6.56. The predicted octanol–water partition coefficient (Wildman–Crippen LogP) is 2.68. The molecule has 1 fully saturated rings. The third-order valence-corrected chi connectivity index (χ3v) is 6.18. The van der Waals surface area contributed by atoms with E-state index < -0.39 is 9.84 Å². The first-order chi connectivity index (χ1) is 10.8. The van der Waals surface area contributed by atoms with Crippen molar-refractivity contribution in [2.75, 3.05) is 17.6 Å². The summed E-state index contributed by atoms with van der Waals surface area (Å²) < 4.78 is 23.6. The summed E-state index contributed by atoms with van der Waals surface area (Å²) in [5, 5.41) is 3.17. The largest absolute Gasteiger partial charge is 0.374 e. The number of carbonyl (C=O) groups excluding carboxylic acids is 1. The van der Waals surface area contributed by atoms with Gasteiger partial charge in [-0.25, -0.2) is 8.42 Å². The molecule has 1 saturated heterocycles. The van der Waals surface area contributed by atoms with E-state index in [1.54, 1.807) is 31.2 Å².